The molecule has 1 aliphatic heterocycles. The third kappa shape index (κ3) is 4.57. The van der Waals surface area contributed by atoms with Gasteiger partial charge in [-0.2, -0.15) is 0 Å². The highest BCUT2D eigenvalue weighted by Gasteiger charge is 2.27. The molecule has 0 aromatic carbocycles. The van der Waals surface area contributed by atoms with E-state index in [1.54, 1.807) is 0 Å². The molecule has 1 heterocycles. The van der Waals surface area contributed by atoms with Crippen LogP contribution in [0, 0.1) is 0 Å². The summed E-state index contributed by atoms with van der Waals surface area (Å²) in [6.45, 7) is 9.53. The smallest absolute Gasteiger partial charge is 0.0223 e. The van der Waals surface area contributed by atoms with Gasteiger partial charge in [0.2, 0.25) is 0 Å². The predicted molar refractivity (Wildman–Crippen MR) is 75.5 cm³/mol. The van der Waals surface area contributed by atoms with Gasteiger partial charge in [-0.15, -0.1) is 0 Å². The van der Waals surface area contributed by atoms with Gasteiger partial charge in [-0.3, -0.25) is 4.90 Å². The first kappa shape index (κ1) is 14.9. The van der Waals surface area contributed by atoms with E-state index >= 15 is 0 Å². The Hall–Kier alpha value is -0.120. The minimum Gasteiger partial charge on any atom is -0.318 e. The van der Waals surface area contributed by atoms with Crippen LogP contribution >= 0.6 is 0 Å². The van der Waals surface area contributed by atoms with Crippen LogP contribution in [0.5, 0.6) is 0 Å². The van der Waals surface area contributed by atoms with Crippen molar-refractivity contribution in [3.63, 3.8) is 0 Å². The van der Waals surface area contributed by atoms with Gasteiger partial charge in [-0.1, -0.05) is 20.3 Å². The lowest BCUT2D eigenvalue weighted by Crippen LogP contribution is -2.49. The first-order chi connectivity index (χ1) is 8.22. The number of hydrogen-bond acceptors (Lipinski definition) is 3. The number of hydrogen-bond donors (Lipinski definition) is 1. The Morgan fingerprint density at radius 3 is 2.65 bits per heavy atom. The van der Waals surface area contributed by atoms with E-state index < -0.39 is 0 Å². The zero-order chi connectivity index (χ0) is 12.7. The van der Waals surface area contributed by atoms with Crippen LogP contribution < -0.4 is 5.32 Å². The summed E-state index contributed by atoms with van der Waals surface area (Å²) in [5.74, 6) is 0. The number of nitrogens with one attached hydrogen (secondary N) is 1. The van der Waals surface area contributed by atoms with Crippen LogP contribution in [0.4, 0.5) is 0 Å². The average Bonchev–Trinajstić information content (AvgIpc) is 2.50. The first-order valence-corrected chi connectivity index (χ1v) is 7.31. The number of likely N-dealkylation sites (N-methyl/N-ethyl adjacent to an activating group) is 2. The molecule has 1 N–H and O–H groups in total. The van der Waals surface area contributed by atoms with E-state index in [9.17, 15) is 0 Å². The van der Waals surface area contributed by atoms with Gasteiger partial charge in [0.15, 0.2) is 0 Å². The molecule has 0 radical (unpaired) electrons. The fourth-order valence-corrected chi connectivity index (χ4v) is 3.06. The van der Waals surface area contributed by atoms with E-state index in [-0.39, 0.29) is 0 Å². The van der Waals surface area contributed by atoms with Crippen molar-refractivity contribution in [3.05, 3.63) is 0 Å². The van der Waals surface area contributed by atoms with Gasteiger partial charge in [0.1, 0.15) is 0 Å². The van der Waals surface area contributed by atoms with Crippen LogP contribution in [0.3, 0.4) is 0 Å². The predicted octanol–water partition coefficient (Wildman–Crippen LogP) is 1.79. The average molecular weight is 241 g/mol. The highest BCUT2D eigenvalue weighted by molar-refractivity contribution is 4.84. The Balaban J connectivity index is 2.66. The van der Waals surface area contributed by atoms with E-state index in [2.05, 4.69) is 43.1 Å². The Bertz CT molecular complexity index is 190. The molecular formula is C14H31N3. The van der Waals surface area contributed by atoms with Crippen LogP contribution in [0.15, 0.2) is 0 Å². The molecule has 0 saturated carbocycles. The molecule has 17 heavy (non-hydrogen) atoms. The summed E-state index contributed by atoms with van der Waals surface area (Å²) in [5.41, 5.74) is 0. The number of nitrogens with zero attached hydrogens (tertiary/aromatic N) is 2. The van der Waals surface area contributed by atoms with E-state index in [1.807, 2.05) is 0 Å². The van der Waals surface area contributed by atoms with Crippen LogP contribution in [-0.4, -0.2) is 62.2 Å². The molecule has 2 atom stereocenters. The van der Waals surface area contributed by atoms with Gasteiger partial charge in [-0.25, -0.2) is 0 Å². The fraction of sp³-hybridized carbons (Fsp3) is 1.00. The third-order valence-electron chi connectivity index (χ3n) is 3.95. The second-order valence-corrected chi connectivity index (χ2v) is 5.42. The SMILES string of the molecule is CCCC(CNC)N1CCCN(C)CC1CC. The van der Waals surface area contributed by atoms with Crippen LogP contribution in [0.25, 0.3) is 0 Å². The highest BCUT2D eigenvalue weighted by Crippen LogP contribution is 2.17. The molecule has 3 heteroatoms. The minimum atomic E-state index is 0.724. The summed E-state index contributed by atoms with van der Waals surface area (Å²) < 4.78 is 0. The molecule has 1 rings (SSSR count). The lowest BCUT2D eigenvalue weighted by atomic mass is 10.1. The Kier molecular flexibility index (Phi) is 7.09. The zero-order valence-electron chi connectivity index (χ0n) is 12.2. The normalized spacial score (nSPS) is 25.8. The second kappa shape index (κ2) is 8.06. The maximum atomic E-state index is 3.37. The van der Waals surface area contributed by atoms with Gasteiger partial charge < -0.3 is 10.2 Å². The third-order valence-corrected chi connectivity index (χ3v) is 3.95. The van der Waals surface area contributed by atoms with Crippen LogP contribution in [0.2, 0.25) is 0 Å². The topological polar surface area (TPSA) is 18.5 Å². The standard InChI is InChI=1S/C14H31N3/c1-5-8-14(11-15-3)17-10-7-9-16(4)12-13(17)6-2/h13-15H,5-12H2,1-4H3. The Morgan fingerprint density at radius 1 is 1.29 bits per heavy atom. The van der Waals surface area contributed by atoms with Crippen molar-refractivity contribution >= 4 is 0 Å². The van der Waals surface area contributed by atoms with Gasteiger partial charge in [0.05, 0.1) is 0 Å². The summed E-state index contributed by atoms with van der Waals surface area (Å²) in [6.07, 6.45) is 5.20. The fourth-order valence-electron chi connectivity index (χ4n) is 3.06. The van der Waals surface area contributed by atoms with E-state index in [0.717, 1.165) is 18.6 Å². The van der Waals surface area contributed by atoms with Crippen molar-refractivity contribution in [1.29, 1.82) is 0 Å². The summed E-state index contributed by atoms with van der Waals surface area (Å²) in [6, 6.07) is 1.47. The molecule has 0 aromatic heterocycles. The number of rotatable bonds is 6. The molecule has 2 unspecified atom stereocenters. The van der Waals surface area contributed by atoms with Crippen molar-refractivity contribution in [1.82, 2.24) is 15.1 Å². The summed E-state index contributed by atoms with van der Waals surface area (Å²) in [7, 11) is 4.34. The molecule has 1 aliphatic rings. The van der Waals surface area contributed by atoms with Gasteiger partial charge in [-0.05, 0) is 39.9 Å². The highest BCUT2D eigenvalue weighted by atomic mass is 15.3. The summed E-state index contributed by atoms with van der Waals surface area (Å²) >= 11 is 0. The van der Waals surface area contributed by atoms with Crippen LogP contribution in [-0.2, 0) is 0 Å². The molecule has 0 aromatic rings. The molecule has 0 aliphatic carbocycles. The molecule has 3 nitrogen and oxygen atoms in total. The summed E-state index contributed by atoms with van der Waals surface area (Å²) in [5, 5.41) is 3.37. The molecule has 0 bridgehead atoms. The summed E-state index contributed by atoms with van der Waals surface area (Å²) in [4.78, 5) is 5.26. The monoisotopic (exact) mass is 241 g/mol. The molecule has 102 valence electrons. The lowest BCUT2D eigenvalue weighted by molar-refractivity contribution is 0.120. The van der Waals surface area contributed by atoms with Gasteiger partial charge in [0.25, 0.3) is 0 Å². The van der Waals surface area contributed by atoms with Crippen molar-refractivity contribution in [2.75, 3.05) is 40.3 Å². The molecule has 1 saturated heterocycles. The molecule has 1 fully saturated rings. The van der Waals surface area contributed by atoms with Crippen molar-refractivity contribution in [3.8, 4) is 0 Å². The maximum absolute atomic E-state index is 3.37. The maximum Gasteiger partial charge on any atom is 0.0223 e. The van der Waals surface area contributed by atoms with E-state index in [1.165, 1.54) is 45.3 Å². The first-order valence-electron chi connectivity index (χ1n) is 7.31. The van der Waals surface area contributed by atoms with Crippen molar-refractivity contribution in [2.45, 2.75) is 51.6 Å². The Morgan fingerprint density at radius 2 is 2.06 bits per heavy atom. The van der Waals surface area contributed by atoms with Gasteiger partial charge in [0, 0.05) is 31.7 Å². The van der Waals surface area contributed by atoms with Gasteiger partial charge >= 0.3 is 0 Å². The van der Waals surface area contributed by atoms with Crippen LogP contribution in [0.1, 0.15) is 39.5 Å². The van der Waals surface area contributed by atoms with E-state index in [4.69, 9.17) is 0 Å². The Labute approximate surface area is 108 Å². The zero-order valence-corrected chi connectivity index (χ0v) is 12.2. The lowest BCUT2D eigenvalue weighted by Gasteiger charge is -2.37. The minimum absolute atomic E-state index is 0.724. The molecule has 0 spiro atoms. The van der Waals surface area contributed by atoms with Crippen molar-refractivity contribution < 1.29 is 0 Å². The quantitative estimate of drug-likeness (QED) is 0.765. The van der Waals surface area contributed by atoms with Crippen molar-refractivity contribution in [2.24, 2.45) is 0 Å². The second-order valence-electron chi connectivity index (χ2n) is 5.42. The molecular weight excluding hydrogens is 210 g/mol. The molecule has 0 amide bonds. The largest absolute Gasteiger partial charge is 0.318 e. The van der Waals surface area contributed by atoms with E-state index in [0.29, 0.717) is 0 Å².